The van der Waals surface area contributed by atoms with E-state index in [1.165, 1.54) is 11.4 Å². The number of nitrogens with zero attached hydrogens (tertiary/aromatic N) is 8. The summed E-state index contributed by atoms with van der Waals surface area (Å²) < 4.78 is 5.23. The summed E-state index contributed by atoms with van der Waals surface area (Å²) in [6, 6.07) is 24.0. The Morgan fingerprint density at radius 2 is 1.52 bits per heavy atom. The molecule has 3 aliphatic rings. The minimum atomic E-state index is -0.407. The van der Waals surface area contributed by atoms with Gasteiger partial charge in [-0.05, 0) is 104 Å². The molecule has 4 amide bonds. The minimum Gasteiger partial charge on any atom is -0.372 e. The van der Waals surface area contributed by atoms with E-state index >= 15 is 0 Å². The highest BCUT2D eigenvalue weighted by Gasteiger charge is 2.28. The molecule has 3 saturated heterocycles. The van der Waals surface area contributed by atoms with Crippen LogP contribution in [0.3, 0.4) is 0 Å². The average molecular weight is 826 g/mol. The maximum absolute atomic E-state index is 12.9. The molecule has 3 N–H and O–H groups in total. The second-order valence-corrected chi connectivity index (χ2v) is 17.4. The largest absolute Gasteiger partial charge is 0.372 e. The number of piperazine rings is 1. The van der Waals surface area contributed by atoms with E-state index in [1.54, 1.807) is 11.1 Å². The molecule has 0 radical (unpaired) electrons. The van der Waals surface area contributed by atoms with Gasteiger partial charge in [-0.2, -0.15) is 4.98 Å². The van der Waals surface area contributed by atoms with E-state index in [1.807, 2.05) is 65.0 Å². The Kier molecular flexibility index (Phi) is 12.0. The fraction of sp³-hybridized carbons (Fsp3) is 0.413. The van der Waals surface area contributed by atoms with Crippen LogP contribution < -0.4 is 30.7 Å². The Morgan fingerprint density at radius 3 is 2.18 bits per heavy atom. The number of nitrogens with one attached hydrogen (secondary N) is 3. The van der Waals surface area contributed by atoms with Crippen molar-refractivity contribution in [1.82, 2.24) is 35.6 Å². The molecule has 8 rings (SSSR count). The molecule has 0 aliphatic carbocycles. The van der Waals surface area contributed by atoms with Gasteiger partial charge in [0.2, 0.25) is 11.9 Å². The summed E-state index contributed by atoms with van der Waals surface area (Å²) in [5, 5.41) is 12.7. The number of anilines is 5. The van der Waals surface area contributed by atoms with Crippen molar-refractivity contribution in [2.75, 3.05) is 72.4 Å². The highest BCUT2D eigenvalue weighted by molar-refractivity contribution is 6.05. The second-order valence-electron chi connectivity index (χ2n) is 17.4. The number of aromatic nitrogens is 4. The van der Waals surface area contributed by atoms with E-state index < -0.39 is 5.91 Å². The van der Waals surface area contributed by atoms with Crippen molar-refractivity contribution < 1.29 is 18.9 Å². The van der Waals surface area contributed by atoms with Crippen molar-refractivity contribution in [2.45, 2.75) is 65.3 Å². The van der Waals surface area contributed by atoms with Crippen LogP contribution >= 0.6 is 0 Å². The molecule has 318 valence electrons. The normalized spacial score (nSPS) is 17.3. The zero-order chi connectivity index (χ0) is 42.7. The summed E-state index contributed by atoms with van der Waals surface area (Å²) in [5.41, 5.74) is 7.54. The highest BCUT2D eigenvalue weighted by Crippen LogP contribution is 2.29. The van der Waals surface area contributed by atoms with Gasteiger partial charge < -0.3 is 25.0 Å². The van der Waals surface area contributed by atoms with E-state index in [0.29, 0.717) is 30.7 Å². The van der Waals surface area contributed by atoms with Crippen molar-refractivity contribution >= 4 is 46.5 Å². The molecule has 5 heterocycles. The lowest BCUT2D eigenvalue weighted by atomic mass is 9.95. The number of aryl methyl sites for hydroxylation is 1. The van der Waals surface area contributed by atoms with Gasteiger partial charge >= 0.3 is 17.8 Å². The molecule has 15 nitrogen and oxygen atoms in total. The number of urea groups is 1. The number of amides is 4. The number of hydrogen-bond acceptors (Lipinski definition) is 12. The first-order valence-corrected chi connectivity index (χ1v) is 21.3. The third kappa shape index (κ3) is 9.83. The molecule has 0 unspecified atom stereocenters. The van der Waals surface area contributed by atoms with Gasteiger partial charge in [0, 0.05) is 98.7 Å². The Labute approximate surface area is 356 Å². The lowest BCUT2D eigenvalue weighted by Crippen LogP contribution is -2.49. The zero-order valence-electron chi connectivity index (χ0n) is 35.6. The Balaban J connectivity index is 0.782. The SMILES string of the molecule is Cc1cc(-c2ccnc(Nc3ccc(N4CCN(CC5CCN(c6ccc(N7CCC(=O)NC7=O)cc6)CC5)CC4)cc3)n2)ccc1[C@@H](C)NC(=O)c1nc(C(C)(C)C)no1. The molecule has 5 aromatic rings. The Bertz CT molecular complexity index is 2340. The maximum atomic E-state index is 12.9. The molecule has 3 fully saturated rings. The summed E-state index contributed by atoms with van der Waals surface area (Å²) >= 11 is 0. The molecule has 2 aromatic heterocycles. The number of carbonyl (C=O) groups excluding carboxylic acids is 3. The number of hydrogen-bond donors (Lipinski definition) is 3. The van der Waals surface area contributed by atoms with E-state index in [0.717, 1.165) is 92.4 Å². The van der Waals surface area contributed by atoms with Gasteiger partial charge in [0.25, 0.3) is 0 Å². The van der Waals surface area contributed by atoms with Gasteiger partial charge in [0.15, 0.2) is 5.82 Å². The molecule has 3 aromatic carbocycles. The number of piperidine rings is 1. The van der Waals surface area contributed by atoms with Crippen LogP contribution in [0.5, 0.6) is 0 Å². The van der Waals surface area contributed by atoms with Gasteiger partial charge in [-0.1, -0.05) is 38.1 Å². The predicted molar refractivity (Wildman–Crippen MR) is 236 cm³/mol. The van der Waals surface area contributed by atoms with Crippen LogP contribution in [0.2, 0.25) is 0 Å². The molecular formula is C46H55N11O4. The molecule has 61 heavy (non-hydrogen) atoms. The molecule has 15 heteroatoms. The quantitative estimate of drug-likeness (QED) is 0.127. The van der Waals surface area contributed by atoms with Crippen LogP contribution in [0, 0.1) is 12.8 Å². The summed E-state index contributed by atoms with van der Waals surface area (Å²) in [5.74, 6) is 1.01. The van der Waals surface area contributed by atoms with E-state index in [-0.39, 0.29) is 29.3 Å². The number of carbonyl (C=O) groups is 3. The number of imide groups is 1. The van der Waals surface area contributed by atoms with Crippen molar-refractivity contribution in [3.8, 4) is 11.3 Å². The van der Waals surface area contributed by atoms with Crippen molar-refractivity contribution in [3.05, 3.63) is 102 Å². The van der Waals surface area contributed by atoms with Crippen molar-refractivity contribution in [1.29, 1.82) is 0 Å². The van der Waals surface area contributed by atoms with Crippen LogP contribution in [-0.4, -0.2) is 95.2 Å². The maximum Gasteiger partial charge on any atom is 0.328 e. The van der Waals surface area contributed by atoms with Crippen LogP contribution in [0.4, 0.5) is 33.5 Å². The van der Waals surface area contributed by atoms with Crippen LogP contribution in [-0.2, 0) is 10.2 Å². The number of benzene rings is 3. The van der Waals surface area contributed by atoms with Crippen LogP contribution in [0.1, 0.15) is 80.6 Å². The molecular weight excluding hydrogens is 771 g/mol. The van der Waals surface area contributed by atoms with Gasteiger partial charge in [-0.25, -0.2) is 14.8 Å². The van der Waals surface area contributed by atoms with Crippen molar-refractivity contribution in [3.63, 3.8) is 0 Å². The standard InChI is InChI=1S/C46H55N11O4/c1-30-28-33(6-15-38(30)31(2)48-41(59)42-52-43(53-61-42)46(3,4)5)39-16-20-47-44(50-39)49-34-7-9-35(10-8-34)56-26-24-54(25-27-56)29-32-17-21-55(22-18-32)36-11-13-37(14-12-36)57-23-19-40(58)51-45(57)60/h6-16,20,28,31-32H,17-19,21-27,29H2,1-5H3,(H,48,59)(H,47,49,50)(H,51,58,60)/t31-/m1/s1. The number of rotatable bonds is 11. The highest BCUT2D eigenvalue weighted by atomic mass is 16.5. The molecule has 0 spiro atoms. The first-order valence-electron chi connectivity index (χ1n) is 21.3. The van der Waals surface area contributed by atoms with Gasteiger partial charge in [0.1, 0.15) is 0 Å². The summed E-state index contributed by atoms with van der Waals surface area (Å²) in [6.07, 6.45) is 4.41. The zero-order valence-corrected chi connectivity index (χ0v) is 35.6. The van der Waals surface area contributed by atoms with Crippen LogP contribution in [0.25, 0.3) is 11.3 Å². The second kappa shape index (κ2) is 17.7. The lowest BCUT2D eigenvalue weighted by Gasteiger charge is -2.40. The fourth-order valence-electron chi connectivity index (χ4n) is 8.32. The third-order valence-electron chi connectivity index (χ3n) is 11.9. The van der Waals surface area contributed by atoms with Gasteiger partial charge in [0.05, 0.1) is 11.7 Å². The summed E-state index contributed by atoms with van der Waals surface area (Å²) in [4.78, 5) is 59.3. The minimum absolute atomic E-state index is 0.0460. The van der Waals surface area contributed by atoms with Gasteiger partial charge in [-0.15, -0.1) is 0 Å². The molecule has 1 atom stereocenters. The molecule has 0 bridgehead atoms. The predicted octanol–water partition coefficient (Wildman–Crippen LogP) is 6.85. The fourth-order valence-corrected chi connectivity index (χ4v) is 8.32. The molecule has 0 saturated carbocycles. The Morgan fingerprint density at radius 1 is 0.852 bits per heavy atom. The first kappa shape index (κ1) is 41.4. The third-order valence-corrected chi connectivity index (χ3v) is 11.9. The van der Waals surface area contributed by atoms with E-state index in [4.69, 9.17) is 9.51 Å². The summed E-state index contributed by atoms with van der Waals surface area (Å²) in [7, 11) is 0. The smallest absolute Gasteiger partial charge is 0.328 e. The average Bonchev–Trinajstić information content (AvgIpc) is 3.77. The van der Waals surface area contributed by atoms with Gasteiger partial charge in [-0.3, -0.25) is 24.7 Å². The lowest BCUT2D eigenvalue weighted by molar-refractivity contribution is -0.120. The molecule has 3 aliphatic heterocycles. The monoisotopic (exact) mass is 825 g/mol. The Hall–Kier alpha value is -6.35. The summed E-state index contributed by atoms with van der Waals surface area (Å²) in [6.45, 7) is 17.5. The van der Waals surface area contributed by atoms with Crippen LogP contribution in [0.15, 0.2) is 83.5 Å². The van der Waals surface area contributed by atoms with Crippen molar-refractivity contribution in [2.24, 2.45) is 5.92 Å². The van der Waals surface area contributed by atoms with E-state index in [2.05, 4.69) is 88.2 Å². The van der Waals surface area contributed by atoms with E-state index in [9.17, 15) is 14.4 Å². The topological polar surface area (TPSA) is 165 Å². The first-order chi connectivity index (χ1) is 29.4.